The number of guanidine groups is 1. The van der Waals surface area contributed by atoms with Crippen LogP contribution < -0.4 is 10.6 Å². The number of piperazine rings is 1. The van der Waals surface area contributed by atoms with Crippen molar-refractivity contribution in [3.05, 3.63) is 0 Å². The highest BCUT2D eigenvalue weighted by molar-refractivity contribution is 14.0. The Labute approximate surface area is 207 Å². The molecule has 0 aromatic heterocycles. The molecule has 1 saturated carbocycles. The van der Waals surface area contributed by atoms with Gasteiger partial charge in [-0.15, -0.1) is 24.0 Å². The van der Waals surface area contributed by atoms with Crippen molar-refractivity contribution in [3.8, 4) is 0 Å². The van der Waals surface area contributed by atoms with Crippen molar-refractivity contribution in [1.82, 2.24) is 25.3 Å². The highest BCUT2D eigenvalue weighted by Crippen LogP contribution is 2.34. The molecule has 0 radical (unpaired) electrons. The van der Waals surface area contributed by atoms with Crippen LogP contribution in [0.3, 0.4) is 0 Å². The van der Waals surface area contributed by atoms with Gasteiger partial charge in [-0.1, -0.05) is 26.2 Å². The quantitative estimate of drug-likeness (QED) is 0.275. The first kappa shape index (κ1) is 27.1. The summed E-state index contributed by atoms with van der Waals surface area (Å²) in [4.78, 5) is 12.9. The van der Waals surface area contributed by atoms with E-state index in [0.717, 1.165) is 51.9 Å². The normalized spacial score (nSPS) is 24.9. The molecule has 2 N–H and O–H groups in total. The lowest BCUT2D eigenvalue weighted by atomic mass is 9.80. The number of nitrogens with one attached hydrogen (secondary N) is 2. The summed E-state index contributed by atoms with van der Waals surface area (Å²) in [7, 11) is 0. The summed E-state index contributed by atoms with van der Waals surface area (Å²) in [5, 5.41) is 7.13. The fourth-order valence-electron chi connectivity index (χ4n) is 5.28. The van der Waals surface area contributed by atoms with Crippen LogP contribution in [0.5, 0.6) is 0 Å². The number of rotatable bonds is 8. The Hall–Kier alpha value is -0.160. The monoisotopic (exact) mass is 550 g/mol. The molecule has 0 aromatic carbocycles. The topological polar surface area (TPSA) is 55.4 Å². The Morgan fingerprint density at radius 2 is 1.65 bits per heavy atom. The van der Waals surface area contributed by atoms with Gasteiger partial charge in [-0.2, -0.15) is 0 Å². The molecule has 0 bridgehead atoms. The van der Waals surface area contributed by atoms with Crippen LogP contribution in [0.2, 0.25) is 0 Å². The fourth-order valence-corrected chi connectivity index (χ4v) is 5.28. The van der Waals surface area contributed by atoms with Crippen LogP contribution in [0.15, 0.2) is 4.99 Å². The SMILES string of the molecule is CCNC(=NCC1(N2CCOCC2)CCCCC1)NCC(C)N1CCN(CC)CC1.I. The largest absolute Gasteiger partial charge is 0.379 e. The van der Waals surface area contributed by atoms with Crippen molar-refractivity contribution in [2.75, 3.05) is 78.7 Å². The first-order chi connectivity index (χ1) is 14.7. The molecule has 1 unspecified atom stereocenters. The molecular weight excluding hydrogens is 503 g/mol. The standard InChI is InChI=1S/C23H46N6O.HI/c1-4-24-22(25-19-21(3)28-13-11-27(5-2)12-14-28)26-20-23(9-7-6-8-10-23)29-15-17-30-18-16-29;/h21H,4-20H2,1-3H3,(H2,24,25,26);1H. The summed E-state index contributed by atoms with van der Waals surface area (Å²) in [5.41, 5.74) is 0.229. The second kappa shape index (κ2) is 14.2. The Bertz CT molecular complexity index is 514. The van der Waals surface area contributed by atoms with E-state index >= 15 is 0 Å². The number of hydrogen-bond donors (Lipinski definition) is 2. The second-order valence-electron chi connectivity index (χ2n) is 9.28. The van der Waals surface area contributed by atoms with E-state index in [1.54, 1.807) is 0 Å². The Kier molecular flexibility index (Phi) is 12.4. The van der Waals surface area contributed by atoms with Crippen molar-refractivity contribution >= 4 is 29.9 Å². The van der Waals surface area contributed by atoms with Gasteiger partial charge in [-0.3, -0.25) is 14.8 Å². The number of hydrogen-bond acceptors (Lipinski definition) is 5. The fraction of sp³-hybridized carbons (Fsp3) is 0.957. The van der Waals surface area contributed by atoms with E-state index < -0.39 is 0 Å². The van der Waals surface area contributed by atoms with Gasteiger partial charge in [0.15, 0.2) is 5.96 Å². The zero-order chi connectivity index (χ0) is 21.2. The van der Waals surface area contributed by atoms with Gasteiger partial charge in [0.25, 0.3) is 0 Å². The van der Waals surface area contributed by atoms with Crippen molar-refractivity contribution in [3.63, 3.8) is 0 Å². The average Bonchev–Trinajstić information content (AvgIpc) is 2.82. The molecule has 3 aliphatic rings. The number of aliphatic imine (C=N–C) groups is 1. The second-order valence-corrected chi connectivity index (χ2v) is 9.28. The lowest BCUT2D eigenvalue weighted by Gasteiger charge is -2.47. The minimum Gasteiger partial charge on any atom is -0.379 e. The molecule has 7 nitrogen and oxygen atoms in total. The maximum atomic E-state index is 5.63. The summed E-state index contributed by atoms with van der Waals surface area (Å²) in [5.74, 6) is 0.981. The minimum absolute atomic E-state index is 0. The summed E-state index contributed by atoms with van der Waals surface area (Å²) in [6, 6.07) is 0.524. The van der Waals surface area contributed by atoms with Gasteiger partial charge in [0.05, 0.1) is 19.8 Å². The number of morpholine rings is 1. The Morgan fingerprint density at radius 1 is 0.968 bits per heavy atom. The van der Waals surface area contributed by atoms with Gasteiger partial charge in [0.2, 0.25) is 0 Å². The van der Waals surface area contributed by atoms with E-state index in [0.29, 0.717) is 6.04 Å². The van der Waals surface area contributed by atoms with Gasteiger partial charge in [0, 0.05) is 63.9 Å². The maximum Gasteiger partial charge on any atom is 0.191 e. The molecular formula is C23H47IN6O. The summed E-state index contributed by atoms with van der Waals surface area (Å²) in [6.07, 6.45) is 6.58. The van der Waals surface area contributed by atoms with Crippen LogP contribution in [0, 0.1) is 0 Å². The molecule has 0 amide bonds. The van der Waals surface area contributed by atoms with E-state index in [2.05, 4.69) is 46.1 Å². The molecule has 3 rings (SSSR count). The van der Waals surface area contributed by atoms with Crippen LogP contribution in [0.1, 0.15) is 52.9 Å². The van der Waals surface area contributed by atoms with Crippen LogP contribution in [0.25, 0.3) is 0 Å². The zero-order valence-corrected chi connectivity index (χ0v) is 22.5. The van der Waals surface area contributed by atoms with E-state index in [1.165, 1.54) is 64.8 Å². The smallest absolute Gasteiger partial charge is 0.191 e. The molecule has 0 spiro atoms. The van der Waals surface area contributed by atoms with Crippen LogP contribution in [-0.4, -0.2) is 111 Å². The number of nitrogens with zero attached hydrogens (tertiary/aromatic N) is 4. The van der Waals surface area contributed by atoms with Crippen LogP contribution in [-0.2, 0) is 4.74 Å². The van der Waals surface area contributed by atoms with E-state index in [4.69, 9.17) is 9.73 Å². The third kappa shape index (κ3) is 7.98. The predicted molar refractivity (Wildman–Crippen MR) is 141 cm³/mol. The lowest BCUT2D eigenvalue weighted by molar-refractivity contribution is -0.0333. The Morgan fingerprint density at radius 3 is 2.26 bits per heavy atom. The van der Waals surface area contributed by atoms with E-state index in [9.17, 15) is 0 Å². The molecule has 1 atom stereocenters. The summed E-state index contributed by atoms with van der Waals surface area (Å²) < 4.78 is 5.63. The van der Waals surface area contributed by atoms with Gasteiger partial charge >= 0.3 is 0 Å². The molecule has 0 aromatic rings. The predicted octanol–water partition coefficient (Wildman–Crippen LogP) is 2.22. The van der Waals surface area contributed by atoms with Crippen molar-refractivity contribution < 1.29 is 4.74 Å². The zero-order valence-electron chi connectivity index (χ0n) is 20.2. The van der Waals surface area contributed by atoms with Crippen molar-refractivity contribution in [2.45, 2.75) is 64.5 Å². The molecule has 31 heavy (non-hydrogen) atoms. The lowest BCUT2D eigenvalue weighted by Crippen LogP contribution is -2.57. The summed E-state index contributed by atoms with van der Waals surface area (Å²) in [6.45, 7) is 19.2. The first-order valence-corrected chi connectivity index (χ1v) is 12.5. The molecule has 8 heteroatoms. The van der Waals surface area contributed by atoms with Gasteiger partial charge in [-0.05, 0) is 33.2 Å². The first-order valence-electron chi connectivity index (χ1n) is 12.5. The van der Waals surface area contributed by atoms with Crippen LogP contribution >= 0.6 is 24.0 Å². The van der Waals surface area contributed by atoms with E-state index in [-0.39, 0.29) is 29.5 Å². The Balaban J connectivity index is 0.00000341. The third-order valence-corrected chi connectivity index (χ3v) is 7.38. The van der Waals surface area contributed by atoms with Crippen molar-refractivity contribution in [2.24, 2.45) is 4.99 Å². The average molecular weight is 551 g/mol. The molecule has 182 valence electrons. The summed E-state index contributed by atoms with van der Waals surface area (Å²) >= 11 is 0. The van der Waals surface area contributed by atoms with Gasteiger partial charge in [0.1, 0.15) is 0 Å². The number of ether oxygens (including phenoxy) is 1. The van der Waals surface area contributed by atoms with Gasteiger partial charge in [-0.25, -0.2) is 0 Å². The van der Waals surface area contributed by atoms with E-state index in [1.807, 2.05) is 0 Å². The highest BCUT2D eigenvalue weighted by atomic mass is 127. The number of likely N-dealkylation sites (N-methyl/N-ethyl adjacent to an activating group) is 1. The van der Waals surface area contributed by atoms with Gasteiger partial charge < -0.3 is 20.3 Å². The molecule has 1 aliphatic carbocycles. The molecule has 2 heterocycles. The third-order valence-electron chi connectivity index (χ3n) is 7.38. The maximum absolute atomic E-state index is 5.63. The minimum atomic E-state index is 0. The molecule has 2 saturated heterocycles. The number of halogens is 1. The van der Waals surface area contributed by atoms with Crippen LogP contribution in [0.4, 0.5) is 0 Å². The molecule has 3 fully saturated rings. The molecule has 2 aliphatic heterocycles. The van der Waals surface area contributed by atoms with Crippen molar-refractivity contribution in [1.29, 1.82) is 0 Å². The highest BCUT2D eigenvalue weighted by Gasteiger charge is 2.38.